The standard InChI is InChI=1S/C15H20ClNO2/c16-13-10-11(15(18)19)8-9-14(13)17-12-6-4-2-1-3-5-7-12/h8-10,12,17H,1-7H2,(H,18,19). The predicted molar refractivity (Wildman–Crippen MR) is 78.1 cm³/mol. The Kier molecular flexibility index (Phi) is 5.08. The highest BCUT2D eigenvalue weighted by atomic mass is 35.5. The van der Waals surface area contributed by atoms with Crippen LogP contribution < -0.4 is 5.32 Å². The maximum absolute atomic E-state index is 10.9. The number of halogens is 1. The predicted octanol–water partition coefficient (Wildman–Crippen LogP) is 4.56. The molecule has 0 spiro atoms. The molecule has 0 amide bonds. The fourth-order valence-electron chi connectivity index (χ4n) is 2.59. The molecule has 0 heterocycles. The monoisotopic (exact) mass is 281 g/mol. The van der Waals surface area contributed by atoms with Crippen LogP contribution in [0.25, 0.3) is 0 Å². The van der Waals surface area contributed by atoms with Gasteiger partial charge in [0.25, 0.3) is 0 Å². The van der Waals surface area contributed by atoms with Crippen molar-refractivity contribution in [2.24, 2.45) is 0 Å². The van der Waals surface area contributed by atoms with E-state index in [4.69, 9.17) is 16.7 Å². The lowest BCUT2D eigenvalue weighted by atomic mass is 9.96. The van der Waals surface area contributed by atoms with Gasteiger partial charge in [0, 0.05) is 6.04 Å². The van der Waals surface area contributed by atoms with Gasteiger partial charge >= 0.3 is 5.97 Å². The van der Waals surface area contributed by atoms with Gasteiger partial charge in [-0.2, -0.15) is 0 Å². The van der Waals surface area contributed by atoms with Gasteiger partial charge in [-0.3, -0.25) is 0 Å². The molecule has 2 N–H and O–H groups in total. The molecule has 0 saturated heterocycles. The summed E-state index contributed by atoms with van der Waals surface area (Å²) in [4.78, 5) is 10.9. The molecular formula is C15H20ClNO2. The van der Waals surface area contributed by atoms with Crippen LogP contribution in [0.15, 0.2) is 18.2 Å². The van der Waals surface area contributed by atoms with Crippen LogP contribution in [0.2, 0.25) is 5.02 Å². The minimum Gasteiger partial charge on any atom is -0.478 e. The quantitative estimate of drug-likeness (QED) is 0.854. The lowest BCUT2D eigenvalue weighted by molar-refractivity contribution is 0.0697. The van der Waals surface area contributed by atoms with Crippen molar-refractivity contribution in [3.63, 3.8) is 0 Å². The molecule has 1 aromatic carbocycles. The van der Waals surface area contributed by atoms with Crippen LogP contribution in [0.3, 0.4) is 0 Å². The smallest absolute Gasteiger partial charge is 0.335 e. The number of rotatable bonds is 3. The summed E-state index contributed by atoms with van der Waals surface area (Å²) >= 11 is 6.14. The van der Waals surface area contributed by atoms with Crippen molar-refractivity contribution in [1.29, 1.82) is 0 Å². The van der Waals surface area contributed by atoms with E-state index in [1.54, 1.807) is 12.1 Å². The van der Waals surface area contributed by atoms with Gasteiger partial charge < -0.3 is 10.4 Å². The summed E-state index contributed by atoms with van der Waals surface area (Å²) in [5.74, 6) is -0.945. The molecule has 1 fully saturated rings. The summed E-state index contributed by atoms with van der Waals surface area (Å²) in [5, 5.41) is 12.9. The Labute approximate surface area is 119 Å². The van der Waals surface area contributed by atoms with E-state index in [1.807, 2.05) is 0 Å². The molecular weight excluding hydrogens is 262 g/mol. The van der Waals surface area contributed by atoms with Gasteiger partial charge in [0.05, 0.1) is 16.3 Å². The third-order valence-corrected chi connectivity index (χ3v) is 3.99. The van der Waals surface area contributed by atoms with Crippen molar-refractivity contribution in [3.8, 4) is 0 Å². The van der Waals surface area contributed by atoms with Crippen LogP contribution in [0.1, 0.15) is 55.3 Å². The molecule has 0 aliphatic heterocycles. The molecule has 2 rings (SSSR count). The first-order chi connectivity index (χ1) is 9.16. The molecule has 0 bridgehead atoms. The Morgan fingerprint density at radius 3 is 2.37 bits per heavy atom. The van der Waals surface area contributed by atoms with Gasteiger partial charge in [-0.1, -0.05) is 43.7 Å². The number of benzene rings is 1. The van der Waals surface area contributed by atoms with Crippen LogP contribution in [-0.2, 0) is 0 Å². The molecule has 19 heavy (non-hydrogen) atoms. The van der Waals surface area contributed by atoms with E-state index in [1.165, 1.54) is 38.2 Å². The van der Waals surface area contributed by atoms with Gasteiger partial charge in [0.15, 0.2) is 0 Å². The van der Waals surface area contributed by atoms with Crippen molar-refractivity contribution in [3.05, 3.63) is 28.8 Å². The van der Waals surface area contributed by atoms with Crippen LogP contribution in [0, 0.1) is 0 Å². The highest BCUT2D eigenvalue weighted by molar-refractivity contribution is 6.33. The zero-order chi connectivity index (χ0) is 13.7. The third kappa shape index (κ3) is 4.13. The summed E-state index contributed by atoms with van der Waals surface area (Å²) in [6.45, 7) is 0. The van der Waals surface area contributed by atoms with Gasteiger partial charge in [-0.05, 0) is 31.0 Å². The van der Waals surface area contributed by atoms with E-state index in [2.05, 4.69) is 5.32 Å². The van der Waals surface area contributed by atoms with E-state index in [0.717, 1.165) is 18.5 Å². The van der Waals surface area contributed by atoms with E-state index in [0.29, 0.717) is 11.1 Å². The topological polar surface area (TPSA) is 49.3 Å². The average Bonchev–Trinajstić information content (AvgIpc) is 2.34. The molecule has 0 unspecified atom stereocenters. The average molecular weight is 282 g/mol. The zero-order valence-electron chi connectivity index (χ0n) is 11.0. The molecule has 0 atom stereocenters. The van der Waals surface area contributed by atoms with E-state index < -0.39 is 5.97 Å². The Hall–Kier alpha value is -1.22. The number of carbonyl (C=O) groups is 1. The number of carboxylic acids is 1. The molecule has 1 aromatic rings. The Balaban J connectivity index is 2.03. The van der Waals surface area contributed by atoms with Crippen LogP contribution >= 0.6 is 11.6 Å². The molecule has 1 aliphatic carbocycles. The SMILES string of the molecule is O=C(O)c1ccc(NC2CCCCCCC2)c(Cl)c1. The summed E-state index contributed by atoms with van der Waals surface area (Å²) in [6.07, 6.45) is 8.80. The normalized spacial score (nSPS) is 17.5. The molecule has 3 nitrogen and oxygen atoms in total. The first-order valence-electron chi connectivity index (χ1n) is 6.96. The van der Waals surface area contributed by atoms with Crippen molar-refractivity contribution in [2.75, 3.05) is 5.32 Å². The fraction of sp³-hybridized carbons (Fsp3) is 0.533. The van der Waals surface area contributed by atoms with E-state index >= 15 is 0 Å². The maximum atomic E-state index is 10.9. The lowest BCUT2D eigenvalue weighted by Crippen LogP contribution is -2.20. The fourth-order valence-corrected chi connectivity index (χ4v) is 2.82. The van der Waals surface area contributed by atoms with E-state index in [9.17, 15) is 4.79 Å². The minimum absolute atomic E-state index is 0.230. The molecule has 1 aliphatic rings. The second-order valence-electron chi connectivity index (χ2n) is 5.19. The second kappa shape index (κ2) is 6.80. The third-order valence-electron chi connectivity index (χ3n) is 3.68. The number of hydrogen-bond acceptors (Lipinski definition) is 2. The van der Waals surface area contributed by atoms with Crippen molar-refractivity contribution >= 4 is 23.3 Å². The number of carboxylic acid groups (broad SMARTS) is 1. The summed E-state index contributed by atoms with van der Waals surface area (Å²) in [5.41, 5.74) is 1.07. The van der Waals surface area contributed by atoms with Crippen molar-refractivity contribution < 1.29 is 9.90 Å². The van der Waals surface area contributed by atoms with Crippen molar-refractivity contribution in [1.82, 2.24) is 0 Å². The maximum Gasteiger partial charge on any atom is 0.335 e. The van der Waals surface area contributed by atoms with Crippen LogP contribution in [-0.4, -0.2) is 17.1 Å². The molecule has 0 aromatic heterocycles. The summed E-state index contributed by atoms with van der Waals surface area (Å²) in [7, 11) is 0. The highest BCUT2D eigenvalue weighted by Gasteiger charge is 2.13. The Morgan fingerprint density at radius 1 is 1.16 bits per heavy atom. The molecule has 1 saturated carbocycles. The Bertz CT molecular complexity index is 440. The first kappa shape index (κ1) is 14.2. The number of hydrogen-bond donors (Lipinski definition) is 2. The van der Waals surface area contributed by atoms with Crippen molar-refractivity contribution in [2.45, 2.75) is 51.0 Å². The number of aromatic carboxylic acids is 1. The van der Waals surface area contributed by atoms with Gasteiger partial charge in [0.2, 0.25) is 0 Å². The van der Waals surface area contributed by atoms with Gasteiger partial charge in [-0.15, -0.1) is 0 Å². The van der Waals surface area contributed by atoms with E-state index in [-0.39, 0.29) is 5.56 Å². The lowest BCUT2D eigenvalue weighted by Gasteiger charge is -2.22. The molecule has 104 valence electrons. The highest BCUT2D eigenvalue weighted by Crippen LogP contribution is 2.27. The zero-order valence-corrected chi connectivity index (χ0v) is 11.7. The van der Waals surface area contributed by atoms with Crippen LogP contribution in [0.5, 0.6) is 0 Å². The Morgan fingerprint density at radius 2 is 1.79 bits per heavy atom. The number of anilines is 1. The second-order valence-corrected chi connectivity index (χ2v) is 5.59. The summed E-state index contributed by atoms with van der Waals surface area (Å²) < 4.78 is 0. The largest absolute Gasteiger partial charge is 0.478 e. The minimum atomic E-state index is -0.945. The van der Waals surface area contributed by atoms with Gasteiger partial charge in [-0.25, -0.2) is 4.79 Å². The summed E-state index contributed by atoms with van der Waals surface area (Å²) in [6, 6.07) is 5.33. The molecule has 4 heteroatoms. The van der Waals surface area contributed by atoms with Gasteiger partial charge in [0.1, 0.15) is 0 Å². The first-order valence-corrected chi connectivity index (χ1v) is 7.34. The molecule has 0 radical (unpaired) electrons. The number of nitrogens with one attached hydrogen (secondary N) is 1. The van der Waals surface area contributed by atoms with Crippen LogP contribution in [0.4, 0.5) is 5.69 Å².